The highest BCUT2D eigenvalue weighted by molar-refractivity contribution is 5.41. The van der Waals surface area contributed by atoms with Crippen LogP contribution in [-0.4, -0.2) is 9.55 Å². The zero-order valence-corrected chi connectivity index (χ0v) is 7.75. The largest absolute Gasteiger partial charge is 0.291 e. The summed E-state index contributed by atoms with van der Waals surface area (Å²) in [6.07, 6.45) is 3.27. The summed E-state index contributed by atoms with van der Waals surface area (Å²) in [5, 5.41) is 17.4. The first-order chi connectivity index (χ1) is 7.35. The molecule has 0 bridgehead atoms. The Bertz CT molecular complexity index is 552. The molecular weight excluding hydrogens is 188 g/mol. The quantitative estimate of drug-likeness (QED) is 0.692. The summed E-state index contributed by atoms with van der Waals surface area (Å²) in [6, 6.07) is 11.0. The Kier molecular flexibility index (Phi) is 2.19. The Morgan fingerprint density at radius 1 is 1.07 bits per heavy atom. The molecule has 2 rings (SSSR count). The van der Waals surface area contributed by atoms with E-state index in [0.717, 1.165) is 5.69 Å². The van der Waals surface area contributed by atoms with Crippen LogP contribution >= 0.6 is 0 Å². The third kappa shape index (κ3) is 1.56. The van der Waals surface area contributed by atoms with Crippen molar-refractivity contribution >= 4 is 0 Å². The van der Waals surface area contributed by atoms with Gasteiger partial charge in [-0.05, 0) is 24.3 Å². The highest BCUT2D eigenvalue weighted by Crippen LogP contribution is 2.10. The van der Waals surface area contributed by atoms with Crippen LogP contribution in [0.4, 0.5) is 0 Å². The molecule has 4 nitrogen and oxygen atoms in total. The number of benzene rings is 1. The van der Waals surface area contributed by atoms with Gasteiger partial charge in [-0.1, -0.05) is 0 Å². The maximum absolute atomic E-state index is 8.78. The summed E-state index contributed by atoms with van der Waals surface area (Å²) >= 11 is 0. The lowest BCUT2D eigenvalue weighted by molar-refractivity contribution is 1.02. The Labute approximate surface area is 86.6 Å². The van der Waals surface area contributed by atoms with Gasteiger partial charge >= 0.3 is 0 Å². The van der Waals surface area contributed by atoms with Crippen LogP contribution in [0.3, 0.4) is 0 Å². The number of nitriles is 2. The average Bonchev–Trinajstić information content (AvgIpc) is 2.77. The van der Waals surface area contributed by atoms with Crippen LogP contribution < -0.4 is 0 Å². The van der Waals surface area contributed by atoms with Gasteiger partial charge in [-0.3, -0.25) is 4.57 Å². The molecule has 1 heterocycles. The maximum Gasteiger partial charge on any atom is 0.217 e. The Hall–Kier alpha value is -2.59. The number of imidazole rings is 1. The molecule has 0 fully saturated rings. The summed E-state index contributed by atoms with van der Waals surface area (Å²) in [5.41, 5.74) is 1.42. The second-order valence-electron chi connectivity index (χ2n) is 2.89. The predicted molar refractivity (Wildman–Crippen MR) is 53.0 cm³/mol. The summed E-state index contributed by atoms with van der Waals surface area (Å²) in [5.74, 6) is 0.333. The van der Waals surface area contributed by atoms with Crippen molar-refractivity contribution in [2.24, 2.45) is 0 Å². The van der Waals surface area contributed by atoms with Gasteiger partial charge in [0.15, 0.2) is 0 Å². The Morgan fingerprint density at radius 3 is 2.40 bits per heavy atom. The van der Waals surface area contributed by atoms with E-state index in [9.17, 15) is 0 Å². The predicted octanol–water partition coefficient (Wildman–Crippen LogP) is 1.62. The van der Waals surface area contributed by atoms with Crippen LogP contribution in [-0.2, 0) is 0 Å². The minimum Gasteiger partial charge on any atom is -0.291 e. The van der Waals surface area contributed by atoms with E-state index in [0.29, 0.717) is 11.4 Å². The van der Waals surface area contributed by atoms with Crippen molar-refractivity contribution in [3.05, 3.63) is 48.0 Å². The van der Waals surface area contributed by atoms with Gasteiger partial charge in [0, 0.05) is 18.1 Å². The molecule has 15 heavy (non-hydrogen) atoms. The Morgan fingerprint density at radius 2 is 1.80 bits per heavy atom. The van der Waals surface area contributed by atoms with E-state index in [1.807, 2.05) is 12.1 Å². The van der Waals surface area contributed by atoms with E-state index in [1.54, 1.807) is 41.2 Å². The van der Waals surface area contributed by atoms with Gasteiger partial charge < -0.3 is 0 Å². The molecule has 0 N–H and O–H groups in total. The minimum atomic E-state index is 0.333. The van der Waals surface area contributed by atoms with Gasteiger partial charge in [0.1, 0.15) is 6.07 Å². The molecule has 0 spiro atoms. The monoisotopic (exact) mass is 194 g/mol. The zero-order valence-electron chi connectivity index (χ0n) is 7.75. The summed E-state index contributed by atoms with van der Waals surface area (Å²) in [6.45, 7) is 0. The first-order valence-electron chi connectivity index (χ1n) is 4.29. The van der Waals surface area contributed by atoms with E-state index in [-0.39, 0.29) is 0 Å². The standard InChI is InChI=1S/C11H6N4/c12-7-9-1-3-10(4-2-9)15-6-5-14-11(15)8-13/h1-6H. The molecule has 0 amide bonds. The van der Waals surface area contributed by atoms with Crippen molar-refractivity contribution in [3.63, 3.8) is 0 Å². The highest BCUT2D eigenvalue weighted by Gasteiger charge is 2.02. The molecule has 2 aromatic rings. The van der Waals surface area contributed by atoms with Crippen LogP contribution in [0.1, 0.15) is 11.4 Å². The van der Waals surface area contributed by atoms with Crippen LogP contribution in [0.15, 0.2) is 36.7 Å². The van der Waals surface area contributed by atoms with Gasteiger partial charge in [0.25, 0.3) is 0 Å². The molecule has 1 aromatic carbocycles. The summed E-state index contributed by atoms with van der Waals surface area (Å²) in [7, 11) is 0. The lowest BCUT2D eigenvalue weighted by Crippen LogP contribution is -1.95. The van der Waals surface area contributed by atoms with Crippen molar-refractivity contribution in [1.29, 1.82) is 10.5 Å². The fourth-order valence-corrected chi connectivity index (χ4v) is 1.29. The van der Waals surface area contributed by atoms with Crippen molar-refractivity contribution in [1.82, 2.24) is 9.55 Å². The molecule has 1 aromatic heterocycles. The maximum atomic E-state index is 8.78. The topological polar surface area (TPSA) is 65.4 Å². The minimum absolute atomic E-state index is 0.333. The fraction of sp³-hybridized carbons (Fsp3) is 0. The van der Waals surface area contributed by atoms with E-state index in [4.69, 9.17) is 10.5 Å². The van der Waals surface area contributed by atoms with Crippen LogP contribution in [0.25, 0.3) is 5.69 Å². The number of hydrogen-bond donors (Lipinski definition) is 0. The molecule has 0 aliphatic rings. The molecule has 0 saturated heterocycles. The third-order valence-electron chi connectivity index (χ3n) is 2.02. The second kappa shape index (κ2) is 3.65. The molecule has 0 aliphatic carbocycles. The van der Waals surface area contributed by atoms with Crippen molar-refractivity contribution in [2.45, 2.75) is 0 Å². The fourth-order valence-electron chi connectivity index (χ4n) is 1.29. The van der Waals surface area contributed by atoms with Gasteiger partial charge in [-0.2, -0.15) is 10.5 Å². The Balaban J connectivity index is 2.48. The lowest BCUT2D eigenvalue weighted by atomic mass is 10.2. The molecule has 0 saturated carbocycles. The van der Waals surface area contributed by atoms with E-state index in [2.05, 4.69) is 4.98 Å². The van der Waals surface area contributed by atoms with Gasteiger partial charge in [-0.15, -0.1) is 0 Å². The average molecular weight is 194 g/mol. The highest BCUT2D eigenvalue weighted by atomic mass is 15.1. The summed E-state index contributed by atoms with van der Waals surface area (Å²) in [4.78, 5) is 3.89. The van der Waals surface area contributed by atoms with Crippen LogP contribution in [0.5, 0.6) is 0 Å². The number of hydrogen-bond acceptors (Lipinski definition) is 3. The van der Waals surface area contributed by atoms with Gasteiger partial charge in [0.05, 0.1) is 11.6 Å². The van der Waals surface area contributed by atoms with Crippen molar-refractivity contribution in [2.75, 3.05) is 0 Å². The molecular formula is C11H6N4. The number of rotatable bonds is 1. The van der Waals surface area contributed by atoms with Crippen LogP contribution in [0.2, 0.25) is 0 Å². The number of aromatic nitrogens is 2. The number of nitrogens with zero attached hydrogens (tertiary/aromatic N) is 4. The summed E-state index contributed by atoms with van der Waals surface area (Å²) < 4.78 is 1.67. The van der Waals surface area contributed by atoms with E-state index < -0.39 is 0 Å². The normalized spacial score (nSPS) is 9.20. The molecule has 0 unspecified atom stereocenters. The van der Waals surface area contributed by atoms with Crippen LogP contribution in [0, 0.1) is 22.7 Å². The van der Waals surface area contributed by atoms with Crippen molar-refractivity contribution < 1.29 is 0 Å². The molecule has 0 aliphatic heterocycles. The third-order valence-corrected chi connectivity index (χ3v) is 2.02. The van der Waals surface area contributed by atoms with Crippen molar-refractivity contribution in [3.8, 4) is 17.8 Å². The van der Waals surface area contributed by atoms with Gasteiger partial charge in [0.2, 0.25) is 5.82 Å². The van der Waals surface area contributed by atoms with E-state index in [1.165, 1.54) is 0 Å². The first-order valence-corrected chi connectivity index (χ1v) is 4.29. The molecule has 0 atom stereocenters. The molecule has 70 valence electrons. The molecule has 0 radical (unpaired) electrons. The smallest absolute Gasteiger partial charge is 0.217 e. The molecule has 4 heteroatoms. The van der Waals surface area contributed by atoms with Gasteiger partial charge in [-0.25, -0.2) is 4.98 Å². The first kappa shape index (κ1) is 8.98. The van der Waals surface area contributed by atoms with E-state index >= 15 is 0 Å². The zero-order chi connectivity index (χ0) is 10.7. The SMILES string of the molecule is N#Cc1ccc(-n2ccnc2C#N)cc1. The second-order valence-corrected chi connectivity index (χ2v) is 2.89. The lowest BCUT2D eigenvalue weighted by Gasteiger charge is -2.02.